The standard InChI is InChI=1S/C9H13BrN2/c1-12-6-7(5-9(12)10)8-3-2-4-11-8/h5-6,8,11H,2-4H2,1H3. The van der Waals surface area contributed by atoms with E-state index in [2.05, 4.69) is 45.1 Å². The van der Waals surface area contributed by atoms with Gasteiger partial charge in [-0.15, -0.1) is 0 Å². The number of rotatable bonds is 1. The first-order chi connectivity index (χ1) is 5.77. The van der Waals surface area contributed by atoms with E-state index in [0.29, 0.717) is 6.04 Å². The maximum Gasteiger partial charge on any atom is 0.0847 e. The Kier molecular flexibility index (Phi) is 2.24. The number of nitrogens with one attached hydrogen (secondary N) is 1. The molecule has 0 aromatic carbocycles. The highest BCUT2D eigenvalue weighted by atomic mass is 79.9. The van der Waals surface area contributed by atoms with E-state index in [-0.39, 0.29) is 0 Å². The predicted octanol–water partition coefficient (Wildman–Crippen LogP) is 2.21. The van der Waals surface area contributed by atoms with Crippen molar-refractivity contribution in [2.75, 3.05) is 6.54 Å². The summed E-state index contributed by atoms with van der Waals surface area (Å²) in [5.41, 5.74) is 1.40. The average Bonchev–Trinajstić information content (AvgIpc) is 2.61. The molecule has 1 aromatic rings. The zero-order valence-corrected chi connectivity index (χ0v) is 8.76. The Hall–Kier alpha value is -0.280. The van der Waals surface area contributed by atoms with Crippen molar-refractivity contribution in [3.8, 4) is 0 Å². The fraction of sp³-hybridized carbons (Fsp3) is 0.556. The third-order valence-electron chi connectivity index (χ3n) is 2.43. The van der Waals surface area contributed by atoms with Gasteiger partial charge in [0.15, 0.2) is 0 Å². The first-order valence-corrected chi connectivity index (χ1v) is 5.12. The molecular weight excluding hydrogens is 216 g/mol. The maximum absolute atomic E-state index is 3.50. The molecule has 0 saturated carbocycles. The molecule has 1 aliphatic heterocycles. The smallest absolute Gasteiger partial charge is 0.0847 e. The van der Waals surface area contributed by atoms with Crippen LogP contribution in [0.25, 0.3) is 0 Å². The second-order valence-electron chi connectivity index (χ2n) is 3.36. The van der Waals surface area contributed by atoms with Gasteiger partial charge < -0.3 is 9.88 Å². The molecule has 1 atom stereocenters. The lowest BCUT2D eigenvalue weighted by Gasteiger charge is -2.05. The van der Waals surface area contributed by atoms with Gasteiger partial charge in [0.25, 0.3) is 0 Å². The molecule has 2 heterocycles. The van der Waals surface area contributed by atoms with E-state index in [4.69, 9.17) is 0 Å². The SMILES string of the molecule is Cn1cc(C2CCCN2)cc1Br. The van der Waals surface area contributed by atoms with Crippen LogP contribution in [0.3, 0.4) is 0 Å². The first-order valence-electron chi connectivity index (χ1n) is 4.32. The van der Waals surface area contributed by atoms with E-state index in [1.165, 1.54) is 18.4 Å². The Balaban J connectivity index is 2.21. The molecular formula is C9H13BrN2. The summed E-state index contributed by atoms with van der Waals surface area (Å²) >= 11 is 3.50. The van der Waals surface area contributed by atoms with E-state index < -0.39 is 0 Å². The maximum atomic E-state index is 3.50. The Morgan fingerprint density at radius 1 is 1.67 bits per heavy atom. The zero-order valence-electron chi connectivity index (χ0n) is 7.18. The van der Waals surface area contributed by atoms with Crippen LogP contribution in [0.15, 0.2) is 16.9 Å². The summed E-state index contributed by atoms with van der Waals surface area (Å²) in [6, 6.07) is 2.78. The summed E-state index contributed by atoms with van der Waals surface area (Å²) in [7, 11) is 2.06. The quantitative estimate of drug-likeness (QED) is 0.781. The van der Waals surface area contributed by atoms with Gasteiger partial charge >= 0.3 is 0 Å². The molecule has 0 aliphatic carbocycles. The largest absolute Gasteiger partial charge is 0.345 e. The van der Waals surface area contributed by atoms with Crippen LogP contribution in [0, 0.1) is 0 Å². The van der Waals surface area contributed by atoms with Gasteiger partial charge in [0.2, 0.25) is 0 Å². The number of nitrogens with zero attached hydrogens (tertiary/aromatic N) is 1. The number of hydrogen-bond acceptors (Lipinski definition) is 1. The molecule has 0 radical (unpaired) electrons. The van der Waals surface area contributed by atoms with Gasteiger partial charge in [-0.25, -0.2) is 0 Å². The van der Waals surface area contributed by atoms with E-state index in [1.807, 2.05) is 0 Å². The van der Waals surface area contributed by atoms with Gasteiger partial charge in [0.05, 0.1) is 4.60 Å². The van der Waals surface area contributed by atoms with Crippen molar-refractivity contribution in [3.05, 3.63) is 22.4 Å². The molecule has 1 N–H and O–H groups in total. The molecule has 1 saturated heterocycles. The van der Waals surface area contributed by atoms with Crippen LogP contribution < -0.4 is 5.32 Å². The van der Waals surface area contributed by atoms with Crippen LogP contribution in [-0.4, -0.2) is 11.1 Å². The fourth-order valence-electron chi connectivity index (χ4n) is 1.72. The highest BCUT2D eigenvalue weighted by Crippen LogP contribution is 2.26. The number of hydrogen-bond donors (Lipinski definition) is 1. The number of aryl methyl sites for hydroxylation is 1. The lowest BCUT2D eigenvalue weighted by Crippen LogP contribution is -2.11. The highest BCUT2D eigenvalue weighted by molar-refractivity contribution is 9.10. The molecule has 2 nitrogen and oxygen atoms in total. The number of halogens is 1. The van der Waals surface area contributed by atoms with Crippen LogP contribution in [-0.2, 0) is 7.05 Å². The van der Waals surface area contributed by atoms with Crippen LogP contribution in [0.5, 0.6) is 0 Å². The van der Waals surface area contributed by atoms with Gasteiger partial charge in [-0.1, -0.05) is 0 Å². The summed E-state index contributed by atoms with van der Waals surface area (Å²) in [5.74, 6) is 0. The van der Waals surface area contributed by atoms with Crippen molar-refractivity contribution >= 4 is 15.9 Å². The molecule has 0 bridgehead atoms. The summed E-state index contributed by atoms with van der Waals surface area (Å²) < 4.78 is 3.26. The molecule has 2 rings (SSSR count). The van der Waals surface area contributed by atoms with E-state index in [9.17, 15) is 0 Å². The minimum atomic E-state index is 0.586. The minimum absolute atomic E-state index is 0.586. The topological polar surface area (TPSA) is 17.0 Å². The minimum Gasteiger partial charge on any atom is -0.345 e. The summed E-state index contributed by atoms with van der Waals surface area (Å²) in [4.78, 5) is 0. The highest BCUT2D eigenvalue weighted by Gasteiger charge is 2.17. The Morgan fingerprint density at radius 3 is 3.00 bits per heavy atom. The lowest BCUT2D eigenvalue weighted by molar-refractivity contribution is 0.646. The summed E-state index contributed by atoms with van der Waals surface area (Å²) in [5, 5.41) is 3.48. The van der Waals surface area contributed by atoms with E-state index in [1.54, 1.807) is 0 Å². The van der Waals surface area contributed by atoms with Crippen molar-refractivity contribution in [1.29, 1.82) is 0 Å². The molecule has 3 heteroatoms. The first kappa shape index (κ1) is 8.32. The van der Waals surface area contributed by atoms with Crippen LogP contribution >= 0.6 is 15.9 Å². The fourth-order valence-corrected chi connectivity index (χ4v) is 2.09. The monoisotopic (exact) mass is 228 g/mol. The third kappa shape index (κ3) is 1.43. The average molecular weight is 229 g/mol. The second-order valence-corrected chi connectivity index (χ2v) is 4.17. The molecule has 0 spiro atoms. The molecule has 66 valence electrons. The van der Waals surface area contributed by atoms with Gasteiger partial charge in [0, 0.05) is 19.3 Å². The van der Waals surface area contributed by atoms with Crippen molar-refractivity contribution < 1.29 is 0 Å². The molecule has 1 aliphatic rings. The van der Waals surface area contributed by atoms with Crippen LogP contribution in [0.1, 0.15) is 24.4 Å². The van der Waals surface area contributed by atoms with Gasteiger partial charge in [0.1, 0.15) is 0 Å². The molecule has 1 fully saturated rings. The second kappa shape index (κ2) is 3.23. The van der Waals surface area contributed by atoms with Crippen molar-refractivity contribution in [2.24, 2.45) is 7.05 Å². The zero-order chi connectivity index (χ0) is 8.55. The molecule has 12 heavy (non-hydrogen) atoms. The number of aromatic nitrogens is 1. The Labute approximate surface area is 81.1 Å². The third-order valence-corrected chi connectivity index (χ3v) is 3.22. The molecule has 0 amide bonds. The Bertz CT molecular complexity index is 255. The van der Waals surface area contributed by atoms with Crippen molar-refractivity contribution in [3.63, 3.8) is 0 Å². The molecule has 1 aromatic heterocycles. The van der Waals surface area contributed by atoms with Crippen molar-refractivity contribution in [1.82, 2.24) is 9.88 Å². The van der Waals surface area contributed by atoms with Crippen LogP contribution in [0.4, 0.5) is 0 Å². The molecule has 1 unspecified atom stereocenters. The summed E-state index contributed by atoms with van der Waals surface area (Å²) in [6.07, 6.45) is 4.76. The lowest BCUT2D eigenvalue weighted by atomic mass is 10.1. The van der Waals surface area contributed by atoms with Gasteiger partial charge in [-0.05, 0) is 46.9 Å². The van der Waals surface area contributed by atoms with E-state index in [0.717, 1.165) is 11.1 Å². The van der Waals surface area contributed by atoms with Crippen molar-refractivity contribution in [2.45, 2.75) is 18.9 Å². The van der Waals surface area contributed by atoms with E-state index >= 15 is 0 Å². The normalized spacial score (nSPS) is 23.3. The predicted molar refractivity (Wildman–Crippen MR) is 53.1 cm³/mol. The Morgan fingerprint density at radius 2 is 2.50 bits per heavy atom. The van der Waals surface area contributed by atoms with Gasteiger partial charge in [-0.2, -0.15) is 0 Å². The summed E-state index contributed by atoms with van der Waals surface area (Å²) in [6.45, 7) is 1.16. The van der Waals surface area contributed by atoms with Crippen LogP contribution in [0.2, 0.25) is 0 Å². The van der Waals surface area contributed by atoms with Gasteiger partial charge in [-0.3, -0.25) is 0 Å².